The zero-order chi connectivity index (χ0) is 30.7. The van der Waals surface area contributed by atoms with E-state index >= 15 is 0 Å². The Labute approximate surface area is 252 Å². The van der Waals surface area contributed by atoms with Gasteiger partial charge in [0, 0.05) is 23.8 Å². The van der Waals surface area contributed by atoms with Crippen molar-refractivity contribution >= 4 is 35.3 Å². The maximum Gasteiger partial charge on any atom is 0.293 e. The number of carbonyl (C=O) groups excluding carboxylic acids is 3. The zero-order valence-corrected chi connectivity index (χ0v) is 23.8. The highest BCUT2D eigenvalue weighted by Crippen LogP contribution is 2.64. The number of nitrogens with one attached hydrogen (secondary N) is 1. The predicted molar refractivity (Wildman–Crippen MR) is 162 cm³/mol. The number of hydrazone groups is 1. The van der Waals surface area contributed by atoms with Crippen LogP contribution in [0.1, 0.15) is 44.1 Å². The first kappa shape index (κ1) is 27.2. The molecule has 1 fully saturated rings. The summed E-state index contributed by atoms with van der Waals surface area (Å²) in [7, 11) is 1.51. The molecule has 4 aromatic rings. The van der Waals surface area contributed by atoms with Crippen LogP contribution in [0.5, 0.6) is 5.75 Å². The number of nitro groups is 1. The summed E-state index contributed by atoms with van der Waals surface area (Å²) >= 11 is 0. The molecule has 10 nitrogen and oxygen atoms in total. The molecule has 4 aliphatic rings. The monoisotopic (exact) mass is 586 g/mol. The predicted octanol–water partition coefficient (Wildman–Crippen LogP) is 4.88. The highest BCUT2D eigenvalue weighted by Gasteiger charge is 2.68. The van der Waals surface area contributed by atoms with Crippen LogP contribution in [-0.2, 0) is 15.0 Å². The van der Waals surface area contributed by atoms with Crippen LogP contribution in [0.2, 0.25) is 0 Å². The van der Waals surface area contributed by atoms with Gasteiger partial charge < -0.3 is 4.74 Å². The molecule has 2 atom stereocenters. The number of anilines is 1. The van der Waals surface area contributed by atoms with Crippen LogP contribution in [0.25, 0.3) is 0 Å². The van der Waals surface area contributed by atoms with Gasteiger partial charge in [0.05, 0.1) is 29.3 Å². The molecular weight excluding hydrogens is 560 g/mol. The van der Waals surface area contributed by atoms with Crippen LogP contribution in [-0.4, -0.2) is 36.0 Å². The molecule has 0 spiro atoms. The standard InChI is InChI=1S/C34H26N4O6/c1-19-14-15-26(27(16-19)38(42)43)37-32(40)29-28-22-10-3-5-12-24(22)34(30(29)33(37)41,25-13-6-4-11-23(25)28)18-35-36-31(39)20-8-7-9-21(17-20)44-2/h3-18,28-30H,1-2H3,(H,36,39)/b35-18-/t28?,29-,30-,34?/m1/s1. The van der Waals surface area contributed by atoms with E-state index in [1.165, 1.54) is 19.2 Å². The summed E-state index contributed by atoms with van der Waals surface area (Å²) in [5.74, 6) is -3.26. The first-order chi connectivity index (χ1) is 21.3. The van der Waals surface area contributed by atoms with Gasteiger partial charge in [0.2, 0.25) is 11.8 Å². The van der Waals surface area contributed by atoms with Gasteiger partial charge in [-0.05, 0) is 59.0 Å². The van der Waals surface area contributed by atoms with E-state index in [4.69, 9.17) is 4.74 Å². The van der Waals surface area contributed by atoms with Crippen molar-refractivity contribution in [2.75, 3.05) is 12.0 Å². The van der Waals surface area contributed by atoms with Gasteiger partial charge in [0.1, 0.15) is 11.4 Å². The van der Waals surface area contributed by atoms with Gasteiger partial charge >= 0.3 is 0 Å². The van der Waals surface area contributed by atoms with E-state index in [2.05, 4.69) is 10.5 Å². The van der Waals surface area contributed by atoms with Crippen molar-refractivity contribution in [3.05, 3.63) is 134 Å². The Balaban J connectivity index is 1.40. The fraction of sp³-hybridized carbons (Fsp3) is 0.176. The number of nitrogens with zero attached hydrogens (tertiary/aromatic N) is 3. The van der Waals surface area contributed by atoms with Crippen molar-refractivity contribution < 1.29 is 24.0 Å². The highest BCUT2D eigenvalue weighted by molar-refractivity contribution is 6.25. The van der Waals surface area contributed by atoms with Crippen molar-refractivity contribution in [1.82, 2.24) is 5.43 Å². The zero-order valence-electron chi connectivity index (χ0n) is 23.8. The van der Waals surface area contributed by atoms with Crippen LogP contribution < -0.4 is 15.1 Å². The SMILES string of the molecule is COc1cccc(C(=O)N/N=C\C23c4ccccc4C(c4ccccc42)[C@H]2C(=O)N(c4ccc(C)cc4[N+](=O)[O-])C(=O)[C@@H]23)c1. The van der Waals surface area contributed by atoms with E-state index in [1.54, 1.807) is 43.5 Å². The average Bonchev–Trinajstić information content (AvgIpc) is 3.31. The van der Waals surface area contributed by atoms with Crippen LogP contribution in [0.3, 0.4) is 0 Å². The Morgan fingerprint density at radius 2 is 1.64 bits per heavy atom. The third kappa shape index (κ3) is 3.73. The number of benzene rings is 4. The van der Waals surface area contributed by atoms with Crippen LogP contribution in [0, 0.1) is 28.9 Å². The molecule has 0 unspecified atom stereocenters. The fourth-order valence-corrected chi connectivity index (χ4v) is 7.28. The Kier molecular flexibility index (Phi) is 6.17. The molecule has 3 aliphatic carbocycles. The number of aryl methyl sites for hydroxylation is 1. The maximum absolute atomic E-state index is 14.5. The number of nitro benzene ring substituents is 1. The average molecular weight is 587 g/mol. The summed E-state index contributed by atoms with van der Waals surface area (Å²) in [4.78, 5) is 54.4. The van der Waals surface area contributed by atoms with E-state index in [0.29, 0.717) is 16.9 Å². The molecule has 0 radical (unpaired) electrons. The second-order valence-corrected chi connectivity index (χ2v) is 11.2. The molecule has 44 heavy (non-hydrogen) atoms. The van der Waals surface area contributed by atoms with Gasteiger partial charge in [-0.1, -0.05) is 60.7 Å². The van der Waals surface area contributed by atoms with Crippen LogP contribution >= 0.6 is 0 Å². The van der Waals surface area contributed by atoms with E-state index in [0.717, 1.165) is 27.2 Å². The highest BCUT2D eigenvalue weighted by atomic mass is 16.6. The van der Waals surface area contributed by atoms with Gasteiger partial charge in [-0.3, -0.25) is 24.5 Å². The summed E-state index contributed by atoms with van der Waals surface area (Å²) < 4.78 is 5.23. The lowest BCUT2D eigenvalue weighted by Gasteiger charge is -2.52. The number of hydrogen-bond acceptors (Lipinski definition) is 7. The molecule has 1 heterocycles. The normalized spacial score (nSPS) is 22.9. The largest absolute Gasteiger partial charge is 0.497 e. The number of methoxy groups -OCH3 is 1. The molecule has 1 aliphatic heterocycles. The second kappa shape index (κ2) is 9.98. The minimum absolute atomic E-state index is 0.0593. The summed E-state index contributed by atoms with van der Waals surface area (Å²) in [6.45, 7) is 1.71. The smallest absolute Gasteiger partial charge is 0.293 e. The Morgan fingerprint density at radius 1 is 0.955 bits per heavy atom. The molecule has 1 N–H and O–H groups in total. The van der Waals surface area contributed by atoms with E-state index in [-0.39, 0.29) is 11.4 Å². The number of hydrogen-bond donors (Lipinski definition) is 1. The van der Waals surface area contributed by atoms with Crippen molar-refractivity contribution in [2.24, 2.45) is 16.9 Å². The van der Waals surface area contributed by atoms with Gasteiger partial charge in [-0.15, -0.1) is 0 Å². The van der Waals surface area contributed by atoms with E-state index < -0.39 is 45.8 Å². The number of imide groups is 1. The molecule has 218 valence electrons. The maximum atomic E-state index is 14.5. The third-order valence-electron chi connectivity index (χ3n) is 9.02. The van der Waals surface area contributed by atoms with Gasteiger partial charge in [-0.2, -0.15) is 5.10 Å². The lowest BCUT2D eigenvalue weighted by Crippen LogP contribution is -2.54. The number of ether oxygens (including phenoxy) is 1. The molecule has 10 heteroatoms. The van der Waals surface area contributed by atoms with E-state index in [9.17, 15) is 24.5 Å². The van der Waals surface area contributed by atoms with Gasteiger partial charge in [0.15, 0.2) is 0 Å². The quantitative estimate of drug-likeness (QED) is 0.148. The molecule has 2 bridgehead atoms. The van der Waals surface area contributed by atoms with E-state index in [1.807, 2.05) is 48.5 Å². The minimum Gasteiger partial charge on any atom is -0.497 e. The summed E-state index contributed by atoms with van der Waals surface area (Å²) in [6, 6.07) is 26.3. The number of rotatable bonds is 6. The molecule has 3 amide bonds. The van der Waals surface area contributed by atoms with Crippen molar-refractivity contribution in [2.45, 2.75) is 18.3 Å². The lowest BCUT2D eigenvalue weighted by atomic mass is 9.47. The van der Waals surface area contributed by atoms with Gasteiger partial charge in [-0.25, -0.2) is 10.3 Å². The molecule has 8 rings (SSSR count). The molecule has 0 saturated carbocycles. The van der Waals surface area contributed by atoms with Crippen LogP contribution in [0.4, 0.5) is 11.4 Å². The summed E-state index contributed by atoms with van der Waals surface area (Å²) in [6.07, 6.45) is 1.55. The topological polar surface area (TPSA) is 131 Å². The molecule has 1 saturated heterocycles. The summed E-state index contributed by atoms with van der Waals surface area (Å²) in [5, 5.41) is 16.5. The Morgan fingerprint density at radius 3 is 2.30 bits per heavy atom. The number of carbonyl (C=O) groups is 3. The second-order valence-electron chi connectivity index (χ2n) is 11.2. The first-order valence-corrected chi connectivity index (χ1v) is 14.1. The summed E-state index contributed by atoms with van der Waals surface area (Å²) in [5.41, 5.74) is 5.28. The molecule has 0 aromatic heterocycles. The number of amides is 3. The molecular formula is C34H26N4O6. The Bertz CT molecular complexity index is 1890. The van der Waals surface area contributed by atoms with Crippen molar-refractivity contribution in [3.8, 4) is 5.75 Å². The third-order valence-corrected chi connectivity index (χ3v) is 9.02. The minimum atomic E-state index is -1.24. The molecule has 4 aromatic carbocycles. The first-order valence-electron chi connectivity index (χ1n) is 14.1. The van der Waals surface area contributed by atoms with Crippen molar-refractivity contribution in [1.29, 1.82) is 0 Å². The van der Waals surface area contributed by atoms with Gasteiger partial charge in [0.25, 0.3) is 11.6 Å². The lowest BCUT2D eigenvalue weighted by molar-refractivity contribution is -0.384. The fourth-order valence-electron chi connectivity index (χ4n) is 7.28. The van der Waals surface area contributed by atoms with Crippen molar-refractivity contribution in [3.63, 3.8) is 0 Å². The van der Waals surface area contributed by atoms with Crippen LogP contribution in [0.15, 0.2) is 96.1 Å². The Hall–Kier alpha value is -5.64.